The molecule has 0 spiro atoms. The zero-order chi connectivity index (χ0) is 16.0. The van der Waals surface area contributed by atoms with E-state index >= 15 is 0 Å². The molecule has 1 saturated carbocycles. The van der Waals surface area contributed by atoms with Crippen LogP contribution in [0.5, 0.6) is 5.75 Å². The number of aliphatic hydroxyl groups is 1. The van der Waals surface area contributed by atoms with Crippen LogP contribution in [0.1, 0.15) is 42.8 Å². The van der Waals surface area contributed by atoms with E-state index in [2.05, 4.69) is 15.7 Å². The summed E-state index contributed by atoms with van der Waals surface area (Å²) in [7, 11) is 0. The Hall–Kier alpha value is -1.43. The maximum atomic E-state index is 10.5. The van der Waals surface area contributed by atoms with Gasteiger partial charge in [-0.1, -0.05) is 37.5 Å². The molecule has 0 unspecified atom stereocenters. The summed E-state index contributed by atoms with van der Waals surface area (Å²) in [4.78, 5) is 4.58. The van der Waals surface area contributed by atoms with Gasteiger partial charge in [-0.15, -0.1) is 11.3 Å². The Balaban J connectivity index is 1.42. The van der Waals surface area contributed by atoms with Crippen LogP contribution in [0.3, 0.4) is 0 Å². The predicted octanol–water partition coefficient (Wildman–Crippen LogP) is 3.51. The Morgan fingerprint density at radius 1 is 1.17 bits per heavy atom. The quantitative estimate of drug-likeness (QED) is 0.815. The Bertz CT molecular complexity index is 594. The third-order valence-corrected chi connectivity index (χ3v) is 5.12. The normalized spacial score (nSPS) is 17.1. The first-order chi connectivity index (χ1) is 11.2. The van der Waals surface area contributed by atoms with Gasteiger partial charge in [0.15, 0.2) is 0 Å². The summed E-state index contributed by atoms with van der Waals surface area (Å²) in [6, 6.07) is 9.78. The fourth-order valence-electron chi connectivity index (χ4n) is 2.97. The van der Waals surface area contributed by atoms with Gasteiger partial charge in [-0.05, 0) is 25.0 Å². The molecule has 0 aliphatic heterocycles. The Labute approximate surface area is 141 Å². The number of aromatic nitrogens is 1. The van der Waals surface area contributed by atoms with Gasteiger partial charge < -0.3 is 15.2 Å². The Morgan fingerprint density at radius 3 is 2.74 bits per heavy atom. The van der Waals surface area contributed by atoms with E-state index in [0.29, 0.717) is 19.7 Å². The molecule has 5 heteroatoms. The number of nitrogens with one attached hydrogen (secondary N) is 1. The van der Waals surface area contributed by atoms with Crippen molar-refractivity contribution < 1.29 is 9.84 Å². The maximum Gasteiger partial charge on any atom is 0.140 e. The van der Waals surface area contributed by atoms with Crippen LogP contribution in [0.2, 0.25) is 0 Å². The lowest BCUT2D eigenvalue weighted by atomic mass is 9.85. The molecule has 1 heterocycles. The molecule has 23 heavy (non-hydrogen) atoms. The molecule has 0 saturated heterocycles. The summed E-state index contributed by atoms with van der Waals surface area (Å²) >= 11 is 1.62. The minimum absolute atomic E-state index is 0.499. The smallest absolute Gasteiger partial charge is 0.140 e. The van der Waals surface area contributed by atoms with E-state index in [4.69, 9.17) is 4.74 Å². The second-order valence-corrected chi connectivity index (χ2v) is 7.17. The van der Waals surface area contributed by atoms with Crippen molar-refractivity contribution in [3.63, 3.8) is 0 Å². The van der Waals surface area contributed by atoms with Gasteiger partial charge in [0.25, 0.3) is 0 Å². The van der Waals surface area contributed by atoms with Crippen molar-refractivity contribution in [1.29, 1.82) is 0 Å². The van der Waals surface area contributed by atoms with Crippen LogP contribution in [0.15, 0.2) is 35.7 Å². The molecule has 2 N–H and O–H groups in total. The number of thiazole rings is 1. The third-order valence-electron chi connectivity index (χ3n) is 4.25. The fourth-order valence-corrected chi connectivity index (χ4v) is 3.67. The van der Waals surface area contributed by atoms with E-state index in [-0.39, 0.29) is 0 Å². The van der Waals surface area contributed by atoms with Crippen LogP contribution in [-0.4, -0.2) is 22.2 Å². The molecule has 3 rings (SSSR count). The van der Waals surface area contributed by atoms with Crippen molar-refractivity contribution in [2.45, 2.75) is 50.9 Å². The van der Waals surface area contributed by atoms with Crippen LogP contribution >= 0.6 is 11.3 Å². The van der Waals surface area contributed by atoms with Gasteiger partial charge in [0, 0.05) is 18.5 Å². The van der Waals surface area contributed by atoms with Gasteiger partial charge in [0.05, 0.1) is 11.3 Å². The maximum absolute atomic E-state index is 10.5. The van der Waals surface area contributed by atoms with E-state index in [1.165, 1.54) is 6.42 Å². The monoisotopic (exact) mass is 332 g/mol. The van der Waals surface area contributed by atoms with Crippen LogP contribution in [0.4, 0.5) is 0 Å². The summed E-state index contributed by atoms with van der Waals surface area (Å²) in [5.74, 6) is 0.863. The lowest BCUT2D eigenvalue weighted by Gasteiger charge is -2.32. The summed E-state index contributed by atoms with van der Waals surface area (Å²) in [6.07, 6.45) is 5.34. The number of rotatable bonds is 7. The highest BCUT2D eigenvalue weighted by molar-refractivity contribution is 7.09. The molecule has 0 bridgehead atoms. The zero-order valence-corrected chi connectivity index (χ0v) is 14.1. The molecule has 1 fully saturated rings. The summed E-state index contributed by atoms with van der Waals surface area (Å²) < 4.78 is 5.71. The van der Waals surface area contributed by atoms with Crippen molar-refractivity contribution in [2.75, 3.05) is 6.54 Å². The number of ether oxygens (including phenoxy) is 1. The molecular weight excluding hydrogens is 308 g/mol. The average Bonchev–Trinajstić information content (AvgIpc) is 3.02. The van der Waals surface area contributed by atoms with Crippen molar-refractivity contribution >= 4 is 11.3 Å². The van der Waals surface area contributed by atoms with Crippen molar-refractivity contribution in [1.82, 2.24) is 10.3 Å². The Kier molecular flexibility index (Phi) is 5.65. The summed E-state index contributed by atoms with van der Waals surface area (Å²) in [5, 5.41) is 16.8. The van der Waals surface area contributed by atoms with Crippen molar-refractivity contribution in [3.05, 3.63) is 46.4 Å². The number of nitrogens with zero attached hydrogens (tertiary/aromatic N) is 1. The number of para-hydroxylation sites is 1. The Morgan fingerprint density at radius 2 is 1.96 bits per heavy atom. The number of benzene rings is 1. The standard InChI is InChI=1S/C18H24N2O2S/c21-18(9-5-2-6-10-18)14-19-11-15-13-23-17(20-15)12-22-16-7-3-1-4-8-16/h1,3-4,7-8,13,19,21H,2,5-6,9-12,14H2. The topological polar surface area (TPSA) is 54.4 Å². The largest absolute Gasteiger partial charge is 0.486 e. The molecule has 1 aromatic carbocycles. The number of hydrogen-bond donors (Lipinski definition) is 2. The number of hydrogen-bond acceptors (Lipinski definition) is 5. The third kappa shape index (κ3) is 5.03. The molecule has 4 nitrogen and oxygen atoms in total. The predicted molar refractivity (Wildman–Crippen MR) is 92.6 cm³/mol. The minimum atomic E-state index is -0.520. The second kappa shape index (κ2) is 7.90. The highest BCUT2D eigenvalue weighted by Gasteiger charge is 2.28. The zero-order valence-electron chi connectivity index (χ0n) is 13.3. The van der Waals surface area contributed by atoms with Crippen LogP contribution in [0, 0.1) is 0 Å². The first-order valence-electron chi connectivity index (χ1n) is 8.28. The van der Waals surface area contributed by atoms with Crippen LogP contribution in [-0.2, 0) is 13.2 Å². The molecule has 0 atom stereocenters. The van der Waals surface area contributed by atoms with Gasteiger partial charge >= 0.3 is 0 Å². The van der Waals surface area contributed by atoms with Gasteiger partial charge in [-0.25, -0.2) is 4.98 Å². The van der Waals surface area contributed by atoms with E-state index in [9.17, 15) is 5.11 Å². The van der Waals surface area contributed by atoms with Gasteiger partial charge in [0.1, 0.15) is 17.4 Å². The molecule has 0 radical (unpaired) electrons. The van der Waals surface area contributed by atoms with E-state index in [0.717, 1.165) is 42.1 Å². The van der Waals surface area contributed by atoms with Gasteiger partial charge in [-0.2, -0.15) is 0 Å². The summed E-state index contributed by atoms with van der Waals surface area (Å²) in [6.45, 7) is 1.85. The van der Waals surface area contributed by atoms with Crippen molar-refractivity contribution in [3.8, 4) is 5.75 Å². The molecule has 1 aromatic heterocycles. The fraction of sp³-hybridized carbons (Fsp3) is 0.500. The first-order valence-corrected chi connectivity index (χ1v) is 9.16. The highest BCUT2D eigenvalue weighted by Crippen LogP contribution is 2.27. The lowest BCUT2D eigenvalue weighted by Crippen LogP contribution is -2.41. The van der Waals surface area contributed by atoms with Gasteiger partial charge in [0.2, 0.25) is 0 Å². The molecular formula is C18H24N2O2S. The lowest BCUT2D eigenvalue weighted by molar-refractivity contribution is 0.00462. The van der Waals surface area contributed by atoms with Crippen molar-refractivity contribution in [2.24, 2.45) is 0 Å². The molecule has 124 valence electrons. The highest BCUT2D eigenvalue weighted by atomic mass is 32.1. The average molecular weight is 332 g/mol. The minimum Gasteiger partial charge on any atom is -0.486 e. The van der Waals surface area contributed by atoms with Gasteiger partial charge in [-0.3, -0.25) is 0 Å². The van der Waals surface area contributed by atoms with E-state index in [1.807, 2.05) is 30.3 Å². The van der Waals surface area contributed by atoms with Crippen LogP contribution < -0.4 is 10.1 Å². The van der Waals surface area contributed by atoms with Crippen LogP contribution in [0.25, 0.3) is 0 Å². The SMILES string of the molecule is OC1(CNCc2csc(COc3ccccc3)n2)CCCCC1. The second-order valence-electron chi connectivity index (χ2n) is 6.22. The molecule has 1 aliphatic rings. The molecule has 1 aliphatic carbocycles. The summed E-state index contributed by atoms with van der Waals surface area (Å²) in [5.41, 5.74) is 0.495. The van der Waals surface area contributed by atoms with E-state index in [1.54, 1.807) is 11.3 Å². The first kappa shape index (κ1) is 16.4. The molecule has 0 amide bonds. The van der Waals surface area contributed by atoms with E-state index < -0.39 is 5.60 Å². The molecule has 2 aromatic rings.